The van der Waals surface area contributed by atoms with Gasteiger partial charge in [0.05, 0.1) is 28.5 Å². The van der Waals surface area contributed by atoms with Crippen molar-refractivity contribution in [3.05, 3.63) is 62.2 Å². The predicted octanol–water partition coefficient (Wildman–Crippen LogP) is 2.72. The van der Waals surface area contributed by atoms with Gasteiger partial charge in [0.2, 0.25) is 0 Å². The molecule has 13 heteroatoms. The van der Waals surface area contributed by atoms with Gasteiger partial charge in [-0.3, -0.25) is 24.4 Å². The molecular formula is C19H19N5O7S. The van der Waals surface area contributed by atoms with E-state index in [2.05, 4.69) is 10.4 Å². The van der Waals surface area contributed by atoms with E-state index >= 15 is 0 Å². The molecule has 0 aromatic carbocycles. The molecule has 32 heavy (non-hydrogen) atoms. The summed E-state index contributed by atoms with van der Waals surface area (Å²) >= 11 is 0.867. The van der Waals surface area contributed by atoms with Crippen LogP contribution in [0.5, 0.6) is 0 Å². The fourth-order valence-electron chi connectivity index (χ4n) is 2.79. The number of carbonyl (C=O) groups excluding carboxylic acids is 3. The minimum Gasteiger partial charge on any atom is -0.462 e. The van der Waals surface area contributed by atoms with Gasteiger partial charge in [-0.25, -0.2) is 4.79 Å². The van der Waals surface area contributed by atoms with Gasteiger partial charge in [-0.2, -0.15) is 5.10 Å². The van der Waals surface area contributed by atoms with Crippen LogP contribution in [-0.2, 0) is 11.3 Å². The Labute approximate surface area is 185 Å². The number of nitrogens with one attached hydrogen (secondary N) is 1. The van der Waals surface area contributed by atoms with Crippen molar-refractivity contribution in [1.29, 1.82) is 0 Å². The van der Waals surface area contributed by atoms with Crippen molar-refractivity contribution in [2.45, 2.75) is 26.8 Å². The van der Waals surface area contributed by atoms with Gasteiger partial charge in [0.25, 0.3) is 11.8 Å². The summed E-state index contributed by atoms with van der Waals surface area (Å²) < 4.78 is 11.9. The zero-order chi connectivity index (χ0) is 23.4. The van der Waals surface area contributed by atoms with Crippen LogP contribution in [-0.4, -0.2) is 39.1 Å². The normalized spacial score (nSPS) is 10.7. The van der Waals surface area contributed by atoms with Gasteiger partial charge in [0.1, 0.15) is 23.2 Å². The number of esters is 1. The molecule has 3 N–H and O–H groups in total. The van der Waals surface area contributed by atoms with E-state index in [9.17, 15) is 24.5 Å². The van der Waals surface area contributed by atoms with Crippen molar-refractivity contribution in [2.24, 2.45) is 5.73 Å². The number of rotatable bonds is 9. The summed E-state index contributed by atoms with van der Waals surface area (Å²) in [6, 6.07) is 2.93. The largest absolute Gasteiger partial charge is 0.462 e. The number of hydrogen-bond donors (Lipinski definition) is 2. The van der Waals surface area contributed by atoms with E-state index in [0.717, 1.165) is 17.5 Å². The Morgan fingerprint density at radius 2 is 2.12 bits per heavy atom. The van der Waals surface area contributed by atoms with Gasteiger partial charge >= 0.3 is 11.7 Å². The third-order valence-corrected chi connectivity index (χ3v) is 5.49. The second-order valence-corrected chi connectivity index (χ2v) is 7.65. The number of primary amides is 1. The predicted molar refractivity (Wildman–Crippen MR) is 113 cm³/mol. The topological polar surface area (TPSA) is 173 Å². The van der Waals surface area contributed by atoms with E-state index in [-0.39, 0.29) is 40.0 Å². The molecule has 0 unspecified atom stereocenters. The molecule has 0 saturated carbocycles. The second-order valence-electron chi connectivity index (χ2n) is 6.63. The Morgan fingerprint density at radius 1 is 1.38 bits per heavy atom. The summed E-state index contributed by atoms with van der Waals surface area (Å²) in [5.74, 6) is -1.81. The number of carbonyl (C=O) groups is 3. The first-order valence-corrected chi connectivity index (χ1v) is 10.2. The number of anilines is 1. The zero-order valence-corrected chi connectivity index (χ0v) is 17.9. The molecule has 0 radical (unpaired) electrons. The fraction of sp³-hybridized carbons (Fsp3) is 0.263. The maximum absolute atomic E-state index is 12.7. The maximum atomic E-state index is 12.7. The van der Waals surface area contributed by atoms with Crippen LogP contribution < -0.4 is 11.1 Å². The summed E-state index contributed by atoms with van der Waals surface area (Å²) in [4.78, 5) is 47.1. The lowest BCUT2D eigenvalue weighted by molar-refractivity contribution is -0.385. The number of aromatic nitrogens is 2. The van der Waals surface area contributed by atoms with E-state index in [4.69, 9.17) is 14.9 Å². The van der Waals surface area contributed by atoms with Crippen LogP contribution in [0.25, 0.3) is 0 Å². The summed E-state index contributed by atoms with van der Waals surface area (Å²) in [7, 11) is 0. The van der Waals surface area contributed by atoms with Crippen molar-refractivity contribution in [2.75, 3.05) is 11.9 Å². The van der Waals surface area contributed by atoms with E-state index in [1.807, 2.05) is 6.92 Å². The fourth-order valence-corrected chi connectivity index (χ4v) is 3.83. The number of amides is 2. The molecule has 2 amide bonds. The van der Waals surface area contributed by atoms with Crippen molar-refractivity contribution >= 4 is 39.8 Å². The van der Waals surface area contributed by atoms with Crippen LogP contribution in [0.2, 0.25) is 0 Å². The average Bonchev–Trinajstić information content (AvgIpc) is 3.46. The first-order valence-electron chi connectivity index (χ1n) is 9.38. The Kier molecular flexibility index (Phi) is 6.68. The molecule has 0 spiro atoms. The quantitative estimate of drug-likeness (QED) is 0.278. The number of nitro groups is 1. The molecule has 3 aromatic rings. The van der Waals surface area contributed by atoms with Crippen LogP contribution in [0.1, 0.15) is 55.3 Å². The van der Waals surface area contributed by atoms with Crippen molar-refractivity contribution in [3.63, 3.8) is 0 Å². The summed E-state index contributed by atoms with van der Waals surface area (Å²) in [5.41, 5.74) is 5.58. The Bertz CT molecular complexity index is 1190. The highest BCUT2D eigenvalue weighted by atomic mass is 32.1. The monoisotopic (exact) mass is 461 g/mol. The number of ether oxygens (including phenoxy) is 1. The van der Waals surface area contributed by atoms with E-state index < -0.39 is 22.7 Å². The second kappa shape index (κ2) is 9.43. The van der Waals surface area contributed by atoms with Crippen LogP contribution in [0.4, 0.5) is 10.7 Å². The van der Waals surface area contributed by atoms with Crippen LogP contribution in [0, 0.1) is 17.0 Å². The number of hydrogen-bond acceptors (Lipinski definition) is 9. The number of nitrogens with zero attached hydrogens (tertiary/aromatic N) is 3. The minimum atomic E-state index is -0.730. The molecule has 0 atom stereocenters. The molecule has 12 nitrogen and oxygen atoms in total. The highest BCUT2D eigenvalue weighted by Crippen LogP contribution is 2.34. The lowest BCUT2D eigenvalue weighted by Crippen LogP contribution is -2.15. The Balaban J connectivity index is 1.79. The van der Waals surface area contributed by atoms with Gasteiger partial charge in [0.15, 0.2) is 5.76 Å². The third-order valence-electron chi connectivity index (χ3n) is 4.27. The van der Waals surface area contributed by atoms with E-state index in [0.29, 0.717) is 17.7 Å². The van der Waals surface area contributed by atoms with Gasteiger partial charge in [-0.1, -0.05) is 6.92 Å². The molecule has 3 rings (SSSR count). The highest BCUT2D eigenvalue weighted by molar-refractivity contribution is 7.18. The molecule has 0 aliphatic rings. The minimum absolute atomic E-state index is 0.0567. The van der Waals surface area contributed by atoms with E-state index in [1.165, 1.54) is 23.0 Å². The molecule has 0 saturated heterocycles. The first-order chi connectivity index (χ1) is 15.2. The average molecular weight is 461 g/mol. The van der Waals surface area contributed by atoms with Crippen LogP contribution in [0.15, 0.2) is 28.9 Å². The summed E-state index contributed by atoms with van der Waals surface area (Å²) in [6.07, 6.45) is 2.94. The van der Waals surface area contributed by atoms with Crippen molar-refractivity contribution in [1.82, 2.24) is 9.78 Å². The zero-order valence-electron chi connectivity index (χ0n) is 17.1. The molecule has 3 heterocycles. The van der Waals surface area contributed by atoms with Gasteiger partial charge in [-0.15, -0.1) is 11.3 Å². The third kappa shape index (κ3) is 4.83. The molecule has 0 aliphatic heterocycles. The smallest absolute Gasteiger partial charge is 0.341 e. The van der Waals surface area contributed by atoms with Gasteiger partial charge in [-0.05, 0) is 31.0 Å². The molecule has 168 valence electrons. The van der Waals surface area contributed by atoms with Crippen molar-refractivity contribution in [3.8, 4) is 0 Å². The SMILES string of the molecule is CCCOC(=O)c1c(NC(=O)c2ccc(Cn3cc([N+](=O)[O-])cn3)o2)sc(C(N)=O)c1C. The number of furan rings is 1. The Hall–Kier alpha value is -4.00. The molecule has 0 fully saturated rings. The summed E-state index contributed by atoms with van der Waals surface area (Å²) in [5, 5.41) is 17.3. The van der Waals surface area contributed by atoms with Crippen molar-refractivity contribution < 1.29 is 28.5 Å². The van der Waals surface area contributed by atoms with E-state index in [1.54, 1.807) is 6.92 Å². The first kappa shape index (κ1) is 22.7. The standard InChI is InChI=1S/C19H19N5O7S/c1-3-6-30-19(27)14-10(2)15(16(20)25)32-18(14)22-17(26)13-5-4-12(31-13)9-23-8-11(7-21-23)24(28)29/h4-5,7-8H,3,6,9H2,1-2H3,(H2,20,25)(H,22,26). The highest BCUT2D eigenvalue weighted by Gasteiger charge is 2.26. The number of nitrogens with two attached hydrogens (primary N) is 1. The van der Waals surface area contributed by atoms with Crippen LogP contribution in [0.3, 0.4) is 0 Å². The van der Waals surface area contributed by atoms with Crippen LogP contribution >= 0.6 is 11.3 Å². The molecule has 0 bridgehead atoms. The van der Waals surface area contributed by atoms with Gasteiger partial charge < -0.3 is 20.2 Å². The lowest BCUT2D eigenvalue weighted by Gasteiger charge is -2.07. The number of thiophene rings is 1. The maximum Gasteiger partial charge on any atom is 0.341 e. The molecule has 3 aromatic heterocycles. The summed E-state index contributed by atoms with van der Waals surface area (Å²) in [6.45, 7) is 3.63. The Morgan fingerprint density at radius 3 is 2.75 bits per heavy atom. The molecule has 0 aliphatic carbocycles. The van der Waals surface area contributed by atoms with Gasteiger partial charge in [0, 0.05) is 0 Å². The lowest BCUT2D eigenvalue weighted by atomic mass is 10.1. The molecular weight excluding hydrogens is 442 g/mol.